The highest BCUT2D eigenvalue weighted by Gasteiger charge is 2.49. The Labute approximate surface area is 367 Å². The van der Waals surface area contributed by atoms with E-state index in [-0.39, 0.29) is 25.8 Å². The number of aromatic amines is 1. The van der Waals surface area contributed by atoms with Gasteiger partial charge in [-0.2, -0.15) is 0 Å². The number of benzene rings is 3. The number of aromatic nitrogens is 1. The summed E-state index contributed by atoms with van der Waals surface area (Å²) in [6.45, 7) is 0.0210. The van der Waals surface area contributed by atoms with Gasteiger partial charge in [0, 0.05) is 56.3 Å². The van der Waals surface area contributed by atoms with Gasteiger partial charge in [-0.3, -0.25) is 38.5 Å². The van der Waals surface area contributed by atoms with Gasteiger partial charge in [0.2, 0.25) is 41.4 Å². The number of hydrogen-bond donors (Lipinski definition) is 10. The number of ether oxygens (including phenoxy) is 1. The molecule has 340 valence electrons. The Morgan fingerprint density at radius 3 is 2.05 bits per heavy atom. The van der Waals surface area contributed by atoms with Gasteiger partial charge in [0.15, 0.2) is 6.29 Å². The normalized spacial score (nSPS) is 25.8. The van der Waals surface area contributed by atoms with Crippen LogP contribution in [-0.4, -0.2) is 140 Å². The number of carbonyl (C=O) groups is 7. The Hall–Kier alpha value is -6.51. The van der Waals surface area contributed by atoms with Crippen LogP contribution >= 0.6 is 0 Å². The molecule has 3 heterocycles. The van der Waals surface area contributed by atoms with E-state index in [4.69, 9.17) is 4.74 Å². The molecular formula is C45H53N7O12. The quantitative estimate of drug-likeness (QED) is 0.0788. The number of imide groups is 1. The predicted molar refractivity (Wildman–Crippen MR) is 228 cm³/mol. The highest BCUT2D eigenvalue weighted by atomic mass is 16.6. The number of carbonyl (C=O) groups excluding carboxylic acids is 7. The molecular weight excluding hydrogens is 831 g/mol. The van der Waals surface area contributed by atoms with Crippen LogP contribution in [0.5, 0.6) is 0 Å². The summed E-state index contributed by atoms with van der Waals surface area (Å²) in [5, 5.41) is 55.5. The monoisotopic (exact) mass is 883 g/mol. The van der Waals surface area contributed by atoms with E-state index < -0.39 is 122 Å². The molecule has 6 rings (SSSR count). The van der Waals surface area contributed by atoms with Gasteiger partial charge in [0.05, 0.1) is 19.1 Å². The minimum absolute atomic E-state index is 0.0248. The molecule has 0 radical (unpaired) electrons. The summed E-state index contributed by atoms with van der Waals surface area (Å²) in [6, 6.07) is 19.1. The zero-order valence-corrected chi connectivity index (χ0v) is 35.0. The molecule has 19 nitrogen and oxygen atoms in total. The summed E-state index contributed by atoms with van der Waals surface area (Å²) < 4.78 is 5.11. The average Bonchev–Trinajstić information content (AvgIpc) is 3.69. The minimum Gasteiger partial charge on any atom is -0.394 e. The van der Waals surface area contributed by atoms with Crippen LogP contribution in [0.25, 0.3) is 10.9 Å². The van der Waals surface area contributed by atoms with Crippen molar-refractivity contribution in [2.24, 2.45) is 0 Å². The number of aliphatic hydroxyl groups is 4. The Kier molecular flexibility index (Phi) is 15.9. The van der Waals surface area contributed by atoms with Crippen molar-refractivity contribution in [3.8, 4) is 0 Å². The Morgan fingerprint density at radius 2 is 1.38 bits per heavy atom. The van der Waals surface area contributed by atoms with E-state index in [0.29, 0.717) is 10.5 Å². The molecule has 19 heteroatoms. The van der Waals surface area contributed by atoms with E-state index in [0.717, 1.165) is 29.0 Å². The van der Waals surface area contributed by atoms with Gasteiger partial charge in [0.25, 0.3) is 0 Å². The summed E-state index contributed by atoms with van der Waals surface area (Å²) in [7, 11) is 0. The first-order valence-electron chi connectivity index (χ1n) is 21.0. The second kappa shape index (κ2) is 21.7. The molecule has 3 aromatic carbocycles. The molecule has 2 fully saturated rings. The van der Waals surface area contributed by atoms with Gasteiger partial charge in [0.1, 0.15) is 42.5 Å². The van der Waals surface area contributed by atoms with Gasteiger partial charge in [-0.15, -0.1) is 0 Å². The molecule has 0 bridgehead atoms. The highest BCUT2D eigenvalue weighted by Crippen LogP contribution is 2.25. The van der Waals surface area contributed by atoms with E-state index in [9.17, 15) is 54.0 Å². The zero-order chi connectivity index (χ0) is 45.9. The van der Waals surface area contributed by atoms with E-state index in [1.165, 1.54) is 0 Å². The number of rotatable bonds is 12. The Bertz CT molecular complexity index is 2290. The van der Waals surface area contributed by atoms with Crippen molar-refractivity contribution in [2.45, 2.75) is 100 Å². The maximum Gasteiger partial charge on any atom is 0.243 e. The summed E-state index contributed by atoms with van der Waals surface area (Å²) in [5.41, 5.74) is 3.05. The van der Waals surface area contributed by atoms with Crippen LogP contribution < -0.4 is 26.6 Å². The lowest BCUT2D eigenvalue weighted by molar-refractivity contribution is -0.268. The third-order valence-electron chi connectivity index (χ3n) is 11.2. The number of nitrogens with zero attached hydrogens (tertiary/aromatic N) is 1. The van der Waals surface area contributed by atoms with Crippen LogP contribution in [0, 0.1) is 0 Å². The largest absolute Gasteiger partial charge is 0.394 e. The molecule has 0 unspecified atom stereocenters. The molecule has 64 heavy (non-hydrogen) atoms. The lowest BCUT2D eigenvalue weighted by Gasteiger charge is -2.44. The molecule has 2 saturated heterocycles. The van der Waals surface area contributed by atoms with Crippen molar-refractivity contribution in [2.75, 3.05) is 13.2 Å². The summed E-state index contributed by atoms with van der Waals surface area (Å²) >= 11 is 0. The predicted octanol–water partition coefficient (Wildman–Crippen LogP) is -1.39. The van der Waals surface area contributed by atoms with Crippen LogP contribution in [0.3, 0.4) is 0 Å². The van der Waals surface area contributed by atoms with Crippen molar-refractivity contribution in [3.63, 3.8) is 0 Å². The van der Waals surface area contributed by atoms with E-state index in [2.05, 4.69) is 31.6 Å². The molecule has 4 aromatic rings. The fourth-order valence-electron chi connectivity index (χ4n) is 7.95. The zero-order valence-electron chi connectivity index (χ0n) is 35.0. The van der Waals surface area contributed by atoms with Crippen LogP contribution in [0.4, 0.5) is 0 Å². The topological polar surface area (TPSA) is 289 Å². The standard InChI is InChI=1S/C45H53N7O12/c1-25(54)52(39-41(59)40(58)35(24-53)64-45(39)63)38(57)17-16-36(55)49-34-21-37(56)50-33(20-28-22-46-31-15-9-8-14-30(28)31)44(62)51-32(19-27-12-6-3-7-13-27)43(61)48-29(23-47-42(34)60)18-26-10-4-2-5-11-26/h2-15,22,29,32-35,39-41,45-46,53,58-59,63H,16-21,23-24H2,1H3,(H,47,60)(H,48,61)(H,49,55)(H,50,56)(H,51,62)/t29-,32+,33+,34-,35-,39-,40-,41-,45-/m1/s1. The van der Waals surface area contributed by atoms with Crippen molar-refractivity contribution >= 4 is 52.3 Å². The molecule has 0 spiro atoms. The third kappa shape index (κ3) is 11.9. The number of nitrogens with one attached hydrogen (secondary N) is 6. The number of H-pyrrole nitrogens is 1. The first-order valence-corrected chi connectivity index (χ1v) is 21.0. The van der Waals surface area contributed by atoms with E-state index in [1.54, 1.807) is 6.20 Å². The fraction of sp³-hybridized carbons (Fsp3) is 0.400. The molecule has 2 aliphatic rings. The van der Waals surface area contributed by atoms with Crippen LogP contribution in [-0.2, 0) is 57.6 Å². The van der Waals surface area contributed by atoms with Crippen LogP contribution in [0.15, 0.2) is 91.1 Å². The SMILES string of the molecule is CC(=O)N(C(=O)CCC(=O)N[C@@H]1CC(=O)N[C@@H](Cc2c[nH]c3ccccc23)C(=O)N[C@@H](Cc2ccccc2)C(=O)N[C@H](Cc2ccccc2)CNC1=O)[C@@H]1[C@@H](O)[C@H](O)[C@@H](CO)O[C@H]1O. The average molecular weight is 884 g/mol. The Morgan fingerprint density at radius 1 is 0.750 bits per heavy atom. The van der Waals surface area contributed by atoms with Gasteiger partial charge < -0.3 is 56.7 Å². The van der Waals surface area contributed by atoms with Gasteiger partial charge in [-0.05, 0) is 29.2 Å². The highest BCUT2D eigenvalue weighted by molar-refractivity contribution is 5.98. The van der Waals surface area contributed by atoms with Crippen molar-refractivity contribution in [1.29, 1.82) is 0 Å². The van der Waals surface area contributed by atoms with Crippen LogP contribution in [0.2, 0.25) is 0 Å². The number of amides is 7. The molecule has 10 N–H and O–H groups in total. The number of hydrogen-bond acceptors (Lipinski definition) is 12. The van der Waals surface area contributed by atoms with Crippen molar-refractivity contribution in [3.05, 3.63) is 108 Å². The van der Waals surface area contributed by atoms with Gasteiger partial charge in [-0.1, -0.05) is 78.9 Å². The molecule has 7 amide bonds. The van der Waals surface area contributed by atoms with Crippen molar-refractivity contribution in [1.82, 2.24) is 36.5 Å². The minimum atomic E-state index is -1.99. The summed E-state index contributed by atoms with van der Waals surface area (Å²) in [5.74, 6) is -5.75. The maximum atomic E-state index is 14.3. The molecule has 1 aromatic heterocycles. The Balaban J connectivity index is 1.24. The van der Waals surface area contributed by atoms with Crippen molar-refractivity contribution < 1.29 is 58.7 Å². The number of fused-ring (bicyclic) bond motifs is 1. The smallest absolute Gasteiger partial charge is 0.243 e. The first-order chi connectivity index (χ1) is 30.7. The molecule has 2 aliphatic heterocycles. The molecule has 9 atom stereocenters. The maximum absolute atomic E-state index is 14.3. The summed E-state index contributed by atoms with van der Waals surface area (Å²) in [4.78, 5) is 99.4. The lowest BCUT2D eigenvalue weighted by atomic mass is 9.95. The first kappa shape index (κ1) is 47.0. The van der Waals surface area contributed by atoms with Gasteiger partial charge in [-0.25, -0.2) is 0 Å². The molecule has 0 saturated carbocycles. The third-order valence-corrected chi connectivity index (χ3v) is 11.2. The van der Waals surface area contributed by atoms with Crippen LogP contribution in [0.1, 0.15) is 42.9 Å². The molecule has 0 aliphatic carbocycles. The second-order valence-corrected chi connectivity index (χ2v) is 15.9. The van der Waals surface area contributed by atoms with Gasteiger partial charge >= 0.3 is 0 Å². The number of aliphatic hydroxyl groups excluding tert-OH is 4. The fourth-order valence-corrected chi connectivity index (χ4v) is 7.95. The number of para-hydroxylation sites is 1. The summed E-state index contributed by atoms with van der Waals surface area (Å²) in [6.07, 6.45) is -7.03. The second-order valence-electron chi connectivity index (χ2n) is 15.9. The van der Waals surface area contributed by atoms with E-state index in [1.807, 2.05) is 84.9 Å². The lowest BCUT2D eigenvalue weighted by Crippen LogP contribution is -2.66. The van der Waals surface area contributed by atoms with E-state index >= 15 is 0 Å².